The Morgan fingerprint density at radius 3 is 1.88 bits per heavy atom. The lowest BCUT2D eigenvalue weighted by Gasteiger charge is -1.88. The number of hydrogen-bond donors (Lipinski definition) is 0. The monoisotopic (exact) mass is 230 g/mol. The molecular formula is C15H15Cl. The molecule has 0 aliphatic carbocycles. The van der Waals surface area contributed by atoms with Crippen LogP contribution in [0.15, 0.2) is 61.2 Å². The lowest BCUT2D eigenvalue weighted by Crippen LogP contribution is -1.66. The zero-order chi connectivity index (χ0) is 11.8. The predicted molar refractivity (Wildman–Crippen MR) is 72.7 cm³/mol. The first kappa shape index (κ1) is 12.5. The zero-order valence-electron chi connectivity index (χ0n) is 9.36. The number of aryl methyl sites for hydroxylation is 1. The fraction of sp³-hybridized carbons (Fsp3) is 0.0667. The fourth-order valence-corrected chi connectivity index (χ4v) is 1.25. The van der Waals surface area contributed by atoms with Crippen molar-refractivity contribution in [2.24, 2.45) is 0 Å². The molecule has 0 saturated carbocycles. The molecule has 0 bridgehead atoms. The van der Waals surface area contributed by atoms with Gasteiger partial charge in [-0.3, -0.25) is 0 Å². The lowest BCUT2D eigenvalue weighted by molar-refractivity contribution is 1.48. The van der Waals surface area contributed by atoms with E-state index in [0.29, 0.717) is 0 Å². The van der Waals surface area contributed by atoms with E-state index in [-0.39, 0.29) is 0 Å². The Bertz CT molecular complexity index is 394. The van der Waals surface area contributed by atoms with E-state index in [2.05, 4.69) is 6.58 Å². The summed E-state index contributed by atoms with van der Waals surface area (Å²) in [4.78, 5) is 0. The summed E-state index contributed by atoms with van der Waals surface area (Å²) in [7, 11) is 0. The van der Waals surface area contributed by atoms with Crippen molar-refractivity contribution in [2.75, 3.05) is 0 Å². The maximum absolute atomic E-state index is 5.61. The van der Waals surface area contributed by atoms with Crippen LogP contribution >= 0.6 is 11.6 Å². The standard InChI is InChI=1S/C8H8.C7H7Cl/c1-2-8-6-4-3-5-7-8;1-6-2-4-7(8)5-3-6/h2-7H,1H2;2-5H,1H3. The van der Waals surface area contributed by atoms with Gasteiger partial charge >= 0.3 is 0 Å². The largest absolute Gasteiger partial charge is 0.0985 e. The first-order valence-corrected chi connectivity index (χ1v) is 5.50. The molecule has 82 valence electrons. The highest BCUT2D eigenvalue weighted by Crippen LogP contribution is 2.07. The molecular weight excluding hydrogens is 216 g/mol. The second kappa shape index (κ2) is 6.86. The second-order valence-corrected chi connectivity index (χ2v) is 3.85. The van der Waals surface area contributed by atoms with Gasteiger partial charge in [0.05, 0.1) is 0 Å². The molecule has 2 aromatic carbocycles. The Kier molecular flexibility index (Phi) is 5.38. The summed E-state index contributed by atoms with van der Waals surface area (Å²) in [6, 6.07) is 17.8. The third kappa shape index (κ3) is 4.81. The molecule has 0 unspecified atom stereocenters. The van der Waals surface area contributed by atoms with E-state index in [0.717, 1.165) is 5.02 Å². The normalized spacial score (nSPS) is 8.88. The van der Waals surface area contributed by atoms with Crippen LogP contribution in [0.3, 0.4) is 0 Å². The van der Waals surface area contributed by atoms with E-state index < -0.39 is 0 Å². The van der Waals surface area contributed by atoms with Crippen LogP contribution in [0.2, 0.25) is 5.02 Å². The van der Waals surface area contributed by atoms with Crippen molar-refractivity contribution in [3.8, 4) is 0 Å². The summed E-state index contributed by atoms with van der Waals surface area (Å²) in [6.07, 6.45) is 1.83. The van der Waals surface area contributed by atoms with Crippen LogP contribution in [0.5, 0.6) is 0 Å². The molecule has 0 atom stereocenters. The van der Waals surface area contributed by atoms with Gasteiger partial charge in [0.2, 0.25) is 0 Å². The SMILES string of the molecule is C=Cc1ccccc1.Cc1ccc(Cl)cc1. The topological polar surface area (TPSA) is 0 Å². The Morgan fingerprint density at radius 2 is 1.50 bits per heavy atom. The maximum Gasteiger partial charge on any atom is 0.0406 e. The molecule has 0 nitrogen and oxygen atoms in total. The van der Waals surface area contributed by atoms with Gasteiger partial charge in [0, 0.05) is 5.02 Å². The van der Waals surface area contributed by atoms with Crippen molar-refractivity contribution in [1.29, 1.82) is 0 Å². The van der Waals surface area contributed by atoms with Crippen LogP contribution in [-0.2, 0) is 0 Å². The van der Waals surface area contributed by atoms with E-state index in [4.69, 9.17) is 11.6 Å². The van der Waals surface area contributed by atoms with Crippen molar-refractivity contribution >= 4 is 17.7 Å². The summed E-state index contributed by atoms with van der Waals surface area (Å²) in [5, 5.41) is 0.801. The Balaban J connectivity index is 0.000000160. The highest BCUT2D eigenvalue weighted by atomic mass is 35.5. The van der Waals surface area contributed by atoms with Crippen molar-refractivity contribution in [3.05, 3.63) is 77.3 Å². The molecule has 0 N–H and O–H groups in total. The molecule has 0 saturated heterocycles. The highest BCUT2D eigenvalue weighted by molar-refractivity contribution is 6.30. The van der Waals surface area contributed by atoms with Crippen LogP contribution in [-0.4, -0.2) is 0 Å². The summed E-state index contributed by atoms with van der Waals surface area (Å²) < 4.78 is 0. The zero-order valence-corrected chi connectivity index (χ0v) is 10.1. The van der Waals surface area contributed by atoms with E-state index in [1.54, 1.807) is 0 Å². The molecule has 0 aromatic heterocycles. The molecule has 0 radical (unpaired) electrons. The summed E-state index contributed by atoms with van der Waals surface area (Å²) in [5.74, 6) is 0. The van der Waals surface area contributed by atoms with Crippen LogP contribution in [0.25, 0.3) is 6.08 Å². The van der Waals surface area contributed by atoms with Crippen molar-refractivity contribution in [3.63, 3.8) is 0 Å². The van der Waals surface area contributed by atoms with Crippen LogP contribution in [0, 0.1) is 6.92 Å². The van der Waals surface area contributed by atoms with Crippen molar-refractivity contribution in [1.82, 2.24) is 0 Å². The number of rotatable bonds is 1. The molecule has 2 aromatic rings. The van der Waals surface area contributed by atoms with Gasteiger partial charge in [0.25, 0.3) is 0 Å². The number of halogens is 1. The molecule has 0 aliphatic heterocycles. The van der Waals surface area contributed by atoms with E-state index in [1.165, 1.54) is 11.1 Å². The average Bonchev–Trinajstić information content (AvgIpc) is 2.35. The van der Waals surface area contributed by atoms with E-state index in [9.17, 15) is 0 Å². The van der Waals surface area contributed by atoms with Crippen LogP contribution in [0.1, 0.15) is 11.1 Å². The fourth-order valence-electron chi connectivity index (χ4n) is 1.12. The van der Waals surface area contributed by atoms with Gasteiger partial charge in [-0.25, -0.2) is 0 Å². The van der Waals surface area contributed by atoms with E-state index >= 15 is 0 Å². The number of benzene rings is 2. The minimum atomic E-state index is 0.801. The van der Waals surface area contributed by atoms with Gasteiger partial charge in [-0.1, -0.05) is 72.3 Å². The third-order valence-electron chi connectivity index (χ3n) is 2.05. The smallest absolute Gasteiger partial charge is 0.0406 e. The van der Waals surface area contributed by atoms with Gasteiger partial charge in [-0.2, -0.15) is 0 Å². The van der Waals surface area contributed by atoms with Gasteiger partial charge in [0.1, 0.15) is 0 Å². The summed E-state index contributed by atoms with van der Waals surface area (Å²) in [5.41, 5.74) is 2.42. The maximum atomic E-state index is 5.61. The quantitative estimate of drug-likeness (QED) is 0.648. The second-order valence-electron chi connectivity index (χ2n) is 3.41. The van der Waals surface area contributed by atoms with Gasteiger partial charge in [-0.15, -0.1) is 0 Å². The third-order valence-corrected chi connectivity index (χ3v) is 2.30. The van der Waals surface area contributed by atoms with Crippen molar-refractivity contribution in [2.45, 2.75) is 6.92 Å². The van der Waals surface area contributed by atoms with E-state index in [1.807, 2.05) is 67.6 Å². The minimum Gasteiger partial charge on any atom is -0.0985 e. The summed E-state index contributed by atoms with van der Waals surface area (Å²) >= 11 is 5.61. The number of hydrogen-bond acceptors (Lipinski definition) is 0. The minimum absolute atomic E-state index is 0.801. The van der Waals surface area contributed by atoms with Gasteiger partial charge in [0.15, 0.2) is 0 Å². The lowest BCUT2D eigenvalue weighted by atomic mass is 10.2. The van der Waals surface area contributed by atoms with Crippen molar-refractivity contribution < 1.29 is 0 Å². The Hall–Kier alpha value is -1.53. The first-order valence-electron chi connectivity index (χ1n) is 5.12. The highest BCUT2D eigenvalue weighted by Gasteiger charge is 1.81. The summed E-state index contributed by atoms with van der Waals surface area (Å²) in [6.45, 7) is 5.67. The van der Waals surface area contributed by atoms with Crippen LogP contribution in [0.4, 0.5) is 0 Å². The van der Waals surface area contributed by atoms with Crippen LogP contribution < -0.4 is 0 Å². The first-order chi connectivity index (χ1) is 7.72. The molecule has 0 spiro atoms. The molecule has 2 rings (SSSR count). The molecule has 1 heteroatoms. The van der Waals surface area contributed by atoms with Gasteiger partial charge < -0.3 is 0 Å². The predicted octanol–water partition coefficient (Wildman–Crippen LogP) is 4.98. The van der Waals surface area contributed by atoms with Gasteiger partial charge in [-0.05, 0) is 24.6 Å². The Labute approximate surface area is 102 Å². The average molecular weight is 231 g/mol. The molecule has 16 heavy (non-hydrogen) atoms. The Morgan fingerprint density at radius 1 is 0.938 bits per heavy atom. The molecule has 0 fully saturated rings. The molecule has 0 amide bonds. The molecule has 0 aliphatic rings. The molecule has 0 heterocycles.